The highest BCUT2D eigenvalue weighted by molar-refractivity contribution is 5.85. The molecule has 5 heteroatoms. The molecule has 134 valence electrons. The van der Waals surface area contributed by atoms with Gasteiger partial charge in [-0.25, -0.2) is 0 Å². The summed E-state index contributed by atoms with van der Waals surface area (Å²) in [6, 6.07) is 7.97. The second kappa shape index (κ2) is 9.09. The van der Waals surface area contributed by atoms with Crippen LogP contribution in [-0.2, 0) is 10.2 Å². The van der Waals surface area contributed by atoms with Crippen molar-refractivity contribution in [3.63, 3.8) is 0 Å². The van der Waals surface area contributed by atoms with Gasteiger partial charge in [-0.1, -0.05) is 44.6 Å². The van der Waals surface area contributed by atoms with Crippen molar-refractivity contribution < 1.29 is 9.53 Å². The summed E-state index contributed by atoms with van der Waals surface area (Å²) < 4.78 is 5.74. The van der Waals surface area contributed by atoms with Gasteiger partial charge in [0.25, 0.3) is 5.91 Å². The van der Waals surface area contributed by atoms with Crippen LogP contribution in [-0.4, -0.2) is 31.6 Å². The lowest BCUT2D eigenvalue weighted by molar-refractivity contribution is -0.127. The average molecular weight is 353 g/mol. The summed E-state index contributed by atoms with van der Waals surface area (Å²) in [6.07, 6.45) is 2.63. The molecule has 0 aliphatic carbocycles. The van der Waals surface area contributed by atoms with Crippen LogP contribution in [0.2, 0.25) is 0 Å². The minimum Gasteiger partial charge on any atom is -0.481 e. The quantitative estimate of drug-likeness (QED) is 0.800. The highest BCUT2D eigenvalue weighted by Gasteiger charge is 2.17. The molecular weight excluding hydrogens is 324 g/mol. The maximum atomic E-state index is 12.1. The highest BCUT2D eigenvalue weighted by Crippen LogP contribution is 2.24. The van der Waals surface area contributed by atoms with Crippen molar-refractivity contribution in [2.24, 2.45) is 0 Å². The first kappa shape index (κ1) is 20.5. The van der Waals surface area contributed by atoms with Gasteiger partial charge in [-0.2, -0.15) is 0 Å². The summed E-state index contributed by atoms with van der Waals surface area (Å²) >= 11 is 0. The van der Waals surface area contributed by atoms with E-state index < -0.39 is 6.10 Å². The van der Waals surface area contributed by atoms with E-state index in [1.54, 1.807) is 6.92 Å². The minimum atomic E-state index is -0.502. The summed E-state index contributed by atoms with van der Waals surface area (Å²) in [5.74, 6) is 0.645. The average Bonchev–Trinajstić information content (AvgIpc) is 2.53. The summed E-state index contributed by atoms with van der Waals surface area (Å²) in [4.78, 5) is 12.1. The van der Waals surface area contributed by atoms with Gasteiger partial charge in [-0.3, -0.25) is 4.79 Å². The summed E-state index contributed by atoms with van der Waals surface area (Å²) in [5.41, 5.74) is 2.64. The van der Waals surface area contributed by atoms with Crippen molar-refractivity contribution in [3.8, 4) is 5.75 Å². The van der Waals surface area contributed by atoms with Gasteiger partial charge in [-0.15, -0.1) is 12.4 Å². The Morgan fingerprint density at radius 1 is 1.29 bits per heavy atom. The SMILES string of the molecule is CC(Oc1ccc(C(C)(C)C)cc1)C(=O)NCC1=CCNCC1.Cl. The molecule has 1 aromatic carbocycles. The zero-order chi connectivity index (χ0) is 16.9. The number of benzene rings is 1. The Labute approximate surface area is 151 Å². The van der Waals surface area contributed by atoms with Gasteiger partial charge in [0.15, 0.2) is 6.10 Å². The minimum absolute atomic E-state index is 0. The Morgan fingerprint density at radius 2 is 1.96 bits per heavy atom. The highest BCUT2D eigenvalue weighted by atomic mass is 35.5. The predicted molar refractivity (Wildman–Crippen MR) is 101 cm³/mol. The molecular formula is C19H29ClN2O2. The summed E-state index contributed by atoms with van der Waals surface area (Å²) in [6.45, 7) is 10.8. The van der Waals surface area contributed by atoms with Gasteiger partial charge in [0.05, 0.1) is 0 Å². The molecule has 24 heavy (non-hydrogen) atoms. The van der Waals surface area contributed by atoms with E-state index in [2.05, 4.69) is 49.6 Å². The Hall–Kier alpha value is -1.52. The maximum absolute atomic E-state index is 12.1. The van der Waals surface area contributed by atoms with Crippen LogP contribution in [0.4, 0.5) is 0 Å². The zero-order valence-electron chi connectivity index (χ0n) is 15.0. The Morgan fingerprint density at radius 3 is 2.50 bits per heavy atom. The van der Waals surface area contributed by atoms with Gasteiger partial charge >= 0.3 is 0 Å². The number of nitrogens with one attached hydrogen (secondary N) is 2. The fraction of sp³-hybridized carbons (Fsp3) is 0.526. The van der Waals surface area contributed by atoms with Gasteiger partial charge in [0.1, 0.15) is 5.75 Å². The monoisotopic (exact) mass is 352 g/mol. The first-order chi connectivity index (χ1) is 10.9. The third-order valence-electron chi connectivity index (χ3n) is 4.05. The van der Waals surface area contributed by atoms with Gasteiger partial charge in [-0.05, 0) is 43.0 Å². The van der Waals surface area contributed by atoms with E-state index in [-0.39, 0.29) is 23.7 Å². The molecule has 1 heterocycles. The zero-order valence-corrected chi connectivity index (χ0v) is 15.8. The van der Waals surface area contributed by atoms with Crippen LogP contribution in [0.3, 0.4) is 0 Å². The molecule has 1 aromatic rings. The number of carbonyl (C=O) groups excluding carboxylic acids is 1. The molecule has 1 atom stereocenters. The molecule has 0 radical (unpaired) electrons. The molecule has 2 rings (SSSR count). The molecule has 4 nitrogen and oxygen atoms in total. The van der Waals surface area contributed by atoms with Crippen LogP contribution in [0.5, 0.6) is 5.75 Å². The summed E-state index contributed by atoms with van der Waals surface area (Å²) in [5, 5.41) is 6.21. The lowest BCUT2D eigenvalue weighted by Gasteiger charge is -2.20. The lowest BCUT2D eigenvalue weighted by Crippen LogP contribution is -2.38. The first-order valence-corrected chi connectivity index (χ1v) is 8.30. The normalized spacial score (nSPS) is 15.8. The van der Waals surface area contributed by atoms with Gasteiger partial charge in [0.2, 0.25) is 0 Å². The smallest absolute Gasteiger partial charge is 0.261 e. The third-order valence-corrected chi connectivity index (χ3v) is 4.05. The molecule has 0 saturated heterocycles. The van der Waals surface area contributed by atoms with E-state index in [1.807, 2.05) is 12.1 Å². The number of ether oxygens (including phenoxy) is 1. The number of hydrogen-bond donors (Lipinski definition) is 2. The molecule has 1 aliphatic heterocycles. The number of halogens is 1. The van der Waals surface area contributed by atoms with E-state index in [9.17, 15) is 4.79 Å². The van der Waals surface area contributed by atoms with E-state index in [0.717, 1.165) is 25.3 Å². The van der Waals surface area contributed by atoms with Crippen LogP contribution in [0, 0.1) is 0 Å². The van der Waals surface area contributed by atoms with E-state index >= 15 is 0 Å². The van der Waals surface area contributed by atoms with Crippen molar-refractivity contribution in [1.82, 2.24) is 10.6 Å². The van der Waals surface area contributed by atoms with E-state index in [0.29, 0.717) is 6.54 Å². The second-order valence-corrected chi connectivity index (χ2v) is 7.07. The standard InChI is InChI=1S/C19H28N2O2.ClH/c1-14(18(22)21-13-15-9-11-20-12-10-15)23-17-7-5-16(6-8-17)19(2,3)4;/h5-9,14,20H,10-13H2,1-4H3,(H,21,22);1H. The first-order valence-electron chi connectivity index (χ1n) is 8.30. The van der Waals surface area contributed by atoms with Crippen molar-refractivity contribution in [1.29, 1.82) is 0 Å². The number of rotatable bonds is 5. The second-order valence-electron chi connectivity index (χ2n) is 7.07. The largest absolute Gasteiger partial charge is 0.481 e. The summed E-state index contributed by atoms with van der Waals surface area (Å²) in [7, 11) is 0. The molecule has 0 saturated carbocycles. The molecule has 0 fully saturated rings. The van der Waals surface area contributed by atoms with Crippen molar-refractivity contribution >= 4 is 18.3 Å². The number of amides is 1. The molecule has 2 N–H and O–H groups in total. The van der Waals surface area contributed by atoms with Crippen molar-refractivity contribution in [3.05, 3.63) is 41.5 Å². The van der Waals surface area contributed by atoms with Gasteiger partial charge < -0.3 is 15.4 Å². The van der Waals surface area contributed by atoms with Crippen LogP contribution in [0.1, 0.15) is 39.7 Å². The molecule has 0 bridgehead atoms. The molecule has 0 aromatic heterocycles. The molecule has 0 spiro atoms. The predicted octanol–water partition coefficient (Wildman–Crippen LogP) is 3.21. The van der Waals surface area contributed by atoms with Crippen molar-refractivity contribution in [2.45, 2.75) is 45.6 Å². The number of hydrogen-bond acceptors (Lipinski definition) is 3. The van der Waals surface area contributed by atoms with E-state index in [4.69, 9.17) is 4.74 Å². The topological polar surface area (TPSA) is 50.4 Å². The van der Waals surface area contributed by atoms with Crippen molar-refractivity contribution in [2.75, 3.05) is 19.6 Å². The molecule has 1 amide bonds. The van der Waals surface area contributed by atoms with Crippen LogP contribution < -0.4 is 15.4 Å². The Balaban J connectivity index is 0.00000288. The van der Waals surface area contributed by atoms with Crippen LogP contribution in [0.15, 0.2) is 35.9 Å². The van der Waals surface area contributed by atoms with Crippen LogP contribution in [0.25, 0.3) is 0 Å². The lowest BCUT2D eigenvalue weighted by atomic mass is 9.87. The fourth-order valence-electron chi connectivity index (χ4n) is 2.47. The Kier molecular flexibility index (Phi) is 7.77. The molecule has 1 unspecified atom stereocenters. The maximum Gasteiger partial charge on any atom is 0.261 e. The van der Waals surface area contributed by atoms with Crippen LogP contribution >= 0.6 is 12.4 Å². The Bertz CT molecular complexity index is 562. The molecule has 1 aliphatic rings. The van der Waals surface area contributed by atoms with Gasteiger partial charge in [0, 0.05) is 13.1 Å². The third kappa shape index (κ3) is 6.17. The van der Waals surface area contributed by atoms with E-state index in [1.165, 1.54) is 11.1 Å². The number of carbonyl (C=O) groups is 1. The fourth-order valence-corrected chi connectivity index (χ4v) is 2.47.